The molecule has 0 spiro atoms. The molecule has 3 aliphatic carbocycles. The van der Waals surface area contributed by atoms with E-state index < -0.39 is 0 Å². The minimum Gasteiger partial charge on any atom is -0.311 e. The van der Waals surface area contributed by atoms with Crippen LogP contribution in [0, 0.1) is 12.8 Å². The van der Waals surface area contributed by atoms with Gasteiger partial charge in [0.2, 0.25) is 0 Å². The maximum Gasteiger partial charge on any atom is 0.0525 e. The van der Waals surface area contributed by atoms with Gasteiger partial charge in [-0.3, -0.25) is 0 Å². The number of anilines is 3. The molecule has 4 aliphatic rings. The van der Waals surface area contributed by atoms with Crippen LogP contribution in [0.25, 0.3) is 22.3 Å². The van der Waals surface area contributed by atoms with E-state index in [1.165, 1.54) is 70.3 Å². The van der Waals surface area contributed by atoms with Gasteiger partial charge in [-0.2, -0.15) is 0 Å². The number of hydrogen-bond acceptors (Lipinski definition) is 3. The van der Waals surface area contributed by atoms with Gasteiger partial charge in [0.25, 0.3) is 0 Å². The number of hydrogen-bond donors (Lipinski definition) is 0. The van der Waals surface area contributed by atoms with Gasteiger partial charge in [-0.15, -0.1) is 11.8 Å². The second-order valence-corrected chi connectivity index (χ2v) is 19.8. The van der Waals surface area contributed by atoms with Gasteiger partial charge in [-0.05, 0) is 111 Å². The molecular formula is C62H47NS2. The number of nitrogens with zero attached hydrogens (tertiary/aromatic N) is 1. The molecule has 312 valence electrons. The van der Waals surface area contributed by atoms with Gasteiger partial charge in [0.15, 0.2) is 0 Å². The van der Waals surface area contributed by atoms with Crippen LogP contribution in [0.4, 0.5) is 17.1 Å². The van der Waals surface area contributed by atoms with Crippen molar-refractivity contribution in [3.8, 4) is 22.3 Å². The van der Waals surface area contributed by atoms with Crippen LogP contribution in [0.15, 0.2) is 257 Å². The van der Waals surface area contributed by atoms with Crippen molar-refractivity contribution in [2.24, 2.45) is 5.92 Å². The standard InChI is InChI=1S/C62H47NS2/c1-42-16-14-24-51(60(42)64-50-19-6-3-7-20-50)43-30-36-47(37-31-43)63(48-38-32-44(33-39-48)52-25-15-26-56-55-23-10-13-29-59(55)65-61(52)56)49-40-34-46(35-41-49)62(45-17-4-2-5-18-45)57-27-11-8-21-53(57)54-22-9-12-28-58(54)62/h2-41,53,55,57,59H,1H3. The fraction of sp³-hybridized carbons (Fsp3) is 0.0968. The lowest BCUT2D eigenvalue weighted by molar-refractivity contribution is 0.457. The molecule has 0 radical (unpaired) electrons. The lowest BCUT2D eigenvalue weighted by atomic mass is 9.63. The van der Waals surface area contributed by atoms with Crippen molar-refractivity contribution in [2.75, 3.05) is 4.90 Å². The zero-order chi connectivity index (χ0) is 43.3. The minimum atomic E-state index is -0.337. The largest absolute Gasteiger partial charge is 0.311 e. The minimum absolute atomic E-state index is 0.259. The molecule has 5 atom stereocenters. The van der Waals surface area contributed by atoms with Gasteiger partial charge < -0.3 is 4.90 Å². The predicted octanol–water partition coefficient (Wildman–Crippen LogP) is 16.8. The van der Waals surface area contributed by atoms with Crippen LogP contribution in [-0.2, 0) is 5.41 Å². The Labute approximate surface area is 391 Å². The van der Waals surface area contributed by atoms with Crippen LogP contribution < -0.4 is 4.90 Å². The summed E-state index contributed by atoms with van der Waals surface area (Å²) >= 11 is 3.84. The molecule has 0 bridgehead atoms. The van der Waals surface area contributed by atoms with Crippen LogP contribution in [-0.4, -0.2) is 5.25 Å². The van der Waals surface area contributed by atoms with E-state index in [1.807, 2.05) is 23.5 Å². The Morgan fingerprint density at radius 1 is 0.462 bits per heavy atom. The third-order valence-corrected chi connectivity index (χ3v) is 16.6. The molecule has 3 heteroatoms. The van der Waals surface area contributed by atoms with Crippen molar-refractivity contribution >= 4 is 40.6 Å². The molecule has 8 aromatic rings. The summed E-state index contributed by atoms with van der Waals surface area (Å²) in [5.74, 6) is 1.00. The maximum absolute atomic E-state index is 2.45. The third kappa shape index (κ3) is 6.80. The number of allylic oxidation sites excluding steroid dienone is 7. The van der Waals surface area contributed by atoms with Crippen molar-refractivity contribution in [3.63, 3.8) is 0 Å². The van der Waals surface area contributed by atoms with E-state index in [0.29, 0.717) is 17.1 Å². The molecule has 5 unspecified atom stereocenters. The summed E-state index contributed by atoms with van der Waals surface area (Å²) in [6.07, 6.45) is 18.4. The van der Waals surface area contributed by atoms with Crippen molar-refractivity contribution in [3.05, 3.63) is 276 Å². The summed E-state index contributed by atoms with van der Waals surface area (Å²) in [5.41, 5.74) is 16.2. The van der Waals surface area contributed by atoms with Gasteiger partial charge >= 0.3 is 0 Å². The summed E-state index contributed by atoms with van der Waals surface area (Å²) in [7, 11) is 0. The molecule has 0 amide bonds. The highest BCUT2D eigenvalue weighted by Gasteiger charge is 2.52. The quantitative estimate of drug-likeness (QED) is 0.142. The third-order valence-electron chi connectivity index (χ3n) is 14.0. The Balaban J connectivity index is 0.960. The van der Waals surface area contributed by atoms with E-state index in [4.69, 9.17) is 0 Å². The number of thioether (sulfide) groups is 1. The zero-order valence-electron chi connectivity index (χ0n) is 36.2. The van der Waals surface area contributed by atoms with Crippen LogP contribution >= 0.6 is 23.5 Å². The average molecular weight is 870 g/mol. The summed E-state index contributed by atoms with van der Waals surface area (Å²) in [4.78, 5) is 6.36. The highest BCUT2D eigenvalue weighted by molar-refractivity contribution is 8.00. The predicted molar refractivity (Wildman–Crippen MR) is 275 cm³/mol. The van der Waals surface area contributed by atoms with Crippen LogP contribution in [0.3, 0.4) is 0 Å². The summed E-state index contributed by atoms with van der Waals surface area (Å²) in [5, 5.41) is 0.458. The molecule has 0 N–H and O–H groups in total. The van der Waals surface area contributed by atoms with Crippen molar-refractivity contribution in [2.45, 2.75) is 44.1 Å². The average Bonchev–Trinajstić information content (AvgIpc) is 3.90. The number of fused-ring (bicyclic) bond motifs is 6. The fourth-order valence-electron chi connectivity index (χ4n) is 11.0. The normalized spacial score (nSPS) is 20.8. The Bertz CT molecular complexity index is 3160. The summed E-state index contributed by atoms with van der Waals surface area (Å²) in [6.45, 7) is 2.22. The van der Waals surface area contributed by atoms with E-state index >= 15 is 0 Å². The number of aryl methyl sites for hydroxylation is 1. The molecular weight excluding hydrogens is 823 g/mol. The Kier molecular flexibility index (Phi) is 10.2. The maximum atomic E-state index is 2.45. The first-order valence-electron chi connectivity index (χ1n) is 22.7. The molecule has 1 aliphatic heterocycles. The van der Waals surface area contributed by atoms with Crippen LogP contribution in [0.1, 0.15) is 45.2 Å². The molecule has 0 fully saturated rings. The van der Waals surface area contributed by atoms with Crippen LogP contribution in [0.2, 0.25) is 0 Å². The van der Waals surface area contributed by atoms with E-state index in [0.717, 1.165) is 17.1 Å². The van der Waals surface area contributed by atoms with Gasteiger partial charge in [-0.25, -0.2) is 0 Å². The van der Waals surface area contributed by atoms with E-state index in [-0.39, 0.29) is 11.3 Å². The monoisotopic (exact) mass is 869 g/mol. The van der Waals surface area contributed by atoms with Gasteiger partial charge in [0.1, 0.15) is 0 Å². The molecule has 65 heavy (non-hydrogen) atoms. The molecule has 0 saturated heterocycles. The van der Waals surface area contributed by atoms with Gasteiger partial charge in [0.05, 0.1) is 5.41 Å². The second kappa shape index (κ2) is 16.7. The highest BCUT2D eigenvalue weighted by Crippen LogP contribution is 2.60. The molecule has 12 rings (SSSR count). The number of rotatable bonds is 9. The summed E-state index contributed by atoms with van der Waals surface area (Å²) < 4.78 is 0. The smallest absolute Gasteiger partial charge is 0.0525 e. The Hall–Kier alpha value is -6.78. The lowest BCUT2D eigenvalue weighted by Crippen LogP contribution is -2.35. The SMILES string of the molecule is Cc1cccc(-c2ccc(N(c3ccc(-c4cccc5c4SC4C=CC=CC54)cc3)c3ccc(C4(c5ccccc5)c5ccccc5C5C=CC=CC54)cc3)cc2)c1Sc1ccccc1. The van der Waals surface area contributed by atoms with Crippen molar-refractivity contribution in [1.82, 2.24) is 0 Å². The zero-order valence-corrected chi connectivity index (χ0v) is 37.8. The van der Waals surface area contributed by atoms with Crippen LogP contribution in [0.5, 0.6) is 0 Å². The van der Waals surface area contributed by atoms with E-state index in [2.05, 4.69) is 255 Å². The first-order valence-corrected chi connectivity index (χ1v) is 24.4. The molecule has 1 heterocycles. The van der Waals surface area contributed by atoms with Gasteiger partial charge in [-0.1, -0.05) is 206 Å². The Morgan fingerprint density at radius 2 is 1.02 bits per heavy atom. The topological polar surface area (TPSA) is 3.24 Å². The molecule has 0 aromatic heterocycles. The first kappa shape index (κ1) is 39.8. The Morgan fingerprint density at radius 3 is 1.75 bits per heavy atom. The highest BCUT2D eigenvalue weighted by atomic mass is 32.2. The first-order chi connectivity index (χ1) is 32.1. The van der Waals surface area contributed by atoms with Crippen molar-refractivity contribution < 1.29 is 0 Å². The number of benzene rings is 8. The second-order valence-electron chi connectivity index (χ2n) is 17.5. The van der Waals surface area contributed by atoms with Gasteiger partial charge in [0, 0.05) is 54.8 Å². The molecule has 1 nitrogen and oxygen atoms in total. The fourth-order valence-corrected chi connectivity index (χ4v) is 13.6. The molecule has 8 aromatic carbocycles. The van der Waals surface area contributed by atoms with Crippen molar-refractivity contribution in [1.29, 1.82) is 0 Å². The summed E-state index contributed by atoms with van der Waals surface area (Å²) in [6, 6.07) is 72.4. The molecule has 0 saturated carbocycles. The van der Waals surface area contributed by atoms with E-state index in [1.54, 1.807) is 0 Å². The van der Waals surface area contributed by atoms with E-state index in [9.17, 15) is 0 Å². The lowest BCUT2D eigenvalue weighted by Gasteiger charge is -2.39.